The second-order valence-corrected chi connectivity index (χ2v) is 5.83. The molecule has 0 atom stereocenters. The summed E-state index contributed by atoms with van der Waals surface area (Å²) < 4.78 is 35.8. The fourth-order valence-corrected chi connectivity index (χ4v) is 2.66. The summed E-state index contributed by atoms with van der Waals surface area (Å²) >= 11 is 10.4. The zero-order valence-corrected chi connectivity index (χ0v) is 12.7. The molecule has 0 spiro atoms. The van der Waals surface area contributed by atoms with Crippen LogP contribution in [0.25, 0.3) is 0 Å². The molecule has 0 aromatic carbocycles. The van der Waals surface area contributed by atoms with Crippen molar-refractivity contribution in [1.82, 2.24) is 0 Å². The molecule has 0 saturated heterocycles. The molecule has 1 fully saturated rings. The Morgan fingerprint density at radius 2 is 1.29 bits per heavy atom. The van der Waals surface area contributed by atoms with Crippen molar-refractivity contribution in [3.8, 4) is 0 Å². The average molecular weight is 447 g/mol. The van der Waals surface area contributed by atoms with Crippen molar-refractivity contribution in [1.29, 1.82) is 0 Å². The number of hydrogen-bond donors (Lipinski definition) is 3. The third kappa shape index (κ3) is 2.65. The van der Waals surface area contributed by atoms with Crippen LogP contribution < -0.4 is 0 Å². The first-order valence-corrected chi connectivity index (χ1v) is 5.65. The maximum Gasteiger partial charge on any atom is 0.398 e. The number of carboxylic acid groups (broad SMARTS) is 3. The van der Waals surface area contributed by atoms with E-state index in [1.54, 1.807) is 0 Å². The molecule has 21 heavy (non-hydrogen) atoms. The van der Waals surface area contributed by atoms with Gasteiger partial charge in [-0.25, -0.2) is 4.79 Å². The van der Waals surface area contributed by atoms with Crippen LogP contribution >= 0.6 is 23.2 Å². The molecule has 0 bridgehead atoms. The number of hydrogen-bond acceptors (Lipinski definition) is 3. The Morgan fingerprint density at radius 3 is 1.48 bits per heavy atom. The summed E-state index contributed by atoms with van der Waals surface area (Å²) in [6.07, 6.45) is -8.41. The first-order chi connectivity index (χ1) is 8.74. The molecule has 1 rings (SSSR count). The van der Waals surface area contributed by atoms with Gasteiger partial charge in [0.15, 0.2) is 5.41 Å². The summed E-state index contributed by atoms with van der Waals surface area (Å²) in [6, 6.07) is 0. The van der Waals surface area contributed by atoms with Gasteiger partial charge < -0.3 is 15.3 Å². The van der Waals surface area contributed by atoms with Gasteiger partial charge in [0.05, 0.1) is 0 Å². The predicted molar refractivity (Wildman–Crippen MR) is 57.5 cm³/mol. The summed E-state index contributed by atoms with van der Waals surface area (Å²) in [4.78, 5) is 32.5. The van der Waals surface area contributed by atoms with Crippen molar-refractivity contribution in [2.75, 3.05) is 0 Å². The smallest absolute Gasteiger partial charge is 0.398 e. The zero-order chi connectivity index (χ0) is 16.1. The fraction of sp³-hybridized carbons (Fsp3) is 0.667. The number of carbonyl (C=O) groups is 3. The summed E-state index contributed by atoms with van der Waals surface area (Å²) in [5.74, 6) is -6.26. The van der Waals surface area contributed by atoms with Crippen LogP contribution in [-0.4, -0.2) is 43.7 Å². The largest absolute Gasteiger partial charge is 0.480 e. The van der Waals surface area contributed by atoms with Crippen molar-refractivity contribution in [2.45, 2.75) is 23.4 Å². The Balaban J connectivity index is 0.00000400. The third-order valence-corrected chi connectivity index (χ3v) is 4.48. The van der Waals surface area contributed by atoms with Gasteiger partial charge in [-0.1, -0.05) is 23.2 Å². The van der Waals surface area contributed by atoms with E-state index in [0.717, 1.165) is 0 Å². The second-order valence-electron chi connectivity index (χ2n) is 4.51. The van der Waals surface area contributed by atoms with Crippen LogP contribution in [0.3, 0.4) is 0 Å². The topological polar surface area (TPSA) is 112 Å². The first-order valence-electron chi connectivity index (χ1n) is 4.89. The molecule has 12 heteroatoms. The molecule has 0 amide bonds. The van der Waals surface area contributed by atoms with Crippen molar-refractivity contribution >= 4 is 41.1 Å². The van der Waals surface area contributed by atoms with Gasteiger partial charge in [0, 0.05) is 22.4 Å². The summed E-state index contributed by atoms with van der Waals surface area (Å²) in [5, 5.41) is 26.2. The standard InChI is InChI=1S/C9H7Cl2F3O6.Ag/c10-8(11,5(19)20)7(9(12,13)14)1-6(2-7,3(15)16)4(17)18;/h1-2H2,(H,15,16)(H,17,18)(H,19,20);. The molecule has 1 aliphatic rings. The Labute approximate surface area is 140 Å². The van der Waals surface area contributed by atoms with Crippen LogP contribution in [-0.2, 0) is 36.8 Å². The molecule has 0 aromatic heterocycles. The van der Waals surface area contributed by atoms with Gasteiger partial charge >= 0.3 is 24.1 Å². The average Bonchev–Trinajstić information content (AvgIpc) is 2.11. The normalized spacial score (nSPS) is 19.9. The van der Waals surface area contributed by atoms with E-state index in [2.05, 4.69) is 0 Å². The van der Waals surface area contributed by atoms with E-state index >= 15 is 0 Å². The van der Waals surface area contributed by atoms with E-state index in [9.17, 15) is 27.6 Å². The van der Waals surface area contributed by atoms with Crippen molar-refractivity contribution in [3.05, 3.63) is 0 Å². The number of rotatable bonds is 4. The van der Waals surface area contributed by atoms with Crippen molar-refractivity contribution in [2.24, 2.45) is 10.8 Å². The molecule has 0 aromatic rings. The molecule has 0 aliphatic heterocycles. The van der Waals surface area contributed by atoms with Crippen molar-refractivity contribution in [3.63, 3.8) is 0 Å². The predicted octanol–water partition coefficient (Wildman–Crippen LogP) is 1.74. The van der Waals surface area contributed by atoms with E-state index in [1.807, 2.05) is 0 Å². The number of aliphatic carboxylic acids is 3. The molecular formula is C9H7AgCl2F3O6. The van der Waals surface area contributed by atoms with E-state index < -0.39 is 52.1 Å². The van der Waals surface area contributed by atoms with Crippen LogP contribution in [0, 0.1) is 10.8 Å². The van der Waals surface area contributed by atoms with E-state index in [1.165, 1.54) is 0 Å². The minimum Gasteiger partial charge on any atom is -0.480 e. The van der Waals surface area contributed by atoms with E-state index in [0.29, 0.717) is 0 Å². The minimum atomic E-state index is -5.29. The molecule has 6 nitrogen and oxygen atoms in total. The Bertz CT molecular complexity index is 470. The quantitative estimate of drug-likeness (QED) is 0.344. The third-order valence-electron chi connectivity index (χ3n) is 3.44. The Kier molecular flexibility index (Phi) is 5.49. The zero-order valence-electron chi connectivity index (χ0n) is 9.67. The molecular weight excluding hydrogens is 440 g/mol. The molecule has 3 N–H and O–H groups in total. The van der Waals surface area contributed by atoms with Gasteiger partial charge in [0.25, 0.3) is 0 Å². The van der Waals surface area contributed by atoms with E-state index in [-0.39, 0.29) is 22.4 Å². The van der Waals surface area contributed by atoms with Gasteiger partial charge in [0.1, 0.15) is 5.41 Å². The van der Waals surface area contributed by atoms with Gasteiger partial charge in [0.2, 0.25) is 4.33 Å². The summed E-state index contributed by atoms with van der Waals surface area (Å²) in [7, 11) is 0. The van der Waals surface area contributed by atoms with Crippen LogP contribution in [0.1, 0.15) is 12.8 Å². The molecule has 1 radical (unpaired) electrons. The molecule has 0 unspecified atom stereocenters. The van der Waals surface area contributed by atoms with Crippen LogP contribution in [0.4, 0.5) is 13.2 Å². The SMILES string of the molecule is O=C(O)C1(C(=O)O)CC(C(F)(F)F)(C(Cl)(Cl)C(=O)O)C1.[Ag]. The monoisotopic (exact) mass is 445 g/mol. The second kappa shape index (κ2) is 5.62. The van der Waals surface area contributed by atoms with Gasteiger partial charge in [-0.3, -0.25) is 9.59 Å². The number of carboxylic acids is 3. The minimum absolute atomic E-state index is 0. The van der Waals surface area contributed by atoms with Crippen molar-refractivity contribution < 1.29 is 65.3 Å². The van der Waals surface area contributed by atoms with Gasteiger partial charge in [-0.15, -0.1) is 0 Å². The molecule has 125 valence electrons. The maximum atomic E-state index is 13.1. The maximum absolute atomic E-state index is 13.1. The first kappa shape index (κ1) is 20.5. The van der Waals surface area contributed by atoms with Gasteiger partial charge in [-0.2, -0.15) is 13.2 Å². The molecule has 1 aliphatic carbocycles. The number of alkyl halides is 5. The summed E-state index contributed by atoms with van der Waals surface area (Å²) in [5.41, 5.74) is -6.12. The number of halogens is 5. The fourth-order valence-electron chi connectivity index (χ4n) is 2.18. The van der Waals surface area contributed by atoms with Gasteiger partial charge in [-0.05, 0) is 12.8 Å². The van der Waals surface area contributed by atoms with Crippen LogP contribution in [0.2, 0.25) is 0 Å². The molecule has 1 saturated carbocycles. The van der Waals surface area contributed by atoms with Crippen LogP contribution in [0.5, 0.6) is 0 Å². The molecule has 0 heterocycles. The van der Waals surface area contributed by atoms with Crippen LogP contribution in [0.15, 0.2) is 0 Å². The Morgan fingerprint density at radius 1 is 0.952 bits per heavy atom. The Hall–Kier alpha value is -0.480. The summed E-state index contributed by atoms with van der Waals surface area (Å²) in [6.45, 7) is 0. The van der Waals surface area contributed by atoms with E-state index in [4.69, 9.17) is 38.5 Å².